The Morgan fingerprint density at radius 2 is 1.84 bits per heavy atom. The Labute approximate surface area is 108 Å². The maximum Gasteiger partial charge on any atom is 0.415 e. The van der Waals surface area contributed by atoms with E-state index in [2.05, 4.69) is 10.1 Å². The lowest BCUT2D eigenvalue weighted by molar-refractivity contribution is -0.210. The maximum absolute atomic E-state index is 12.4. The van der Waals surface area contributed by atoms with E-state index in [1.165, 1.54) is 14.0 Å². The Bertz CT molecular complexity index is 406. The largest absolute Gasteiger partial charge is 0.415 e. The SMILES string of the molecule is COC(c1noc(C(C)C(O)C(F)(F)F)n1)C(C)C. The molecule has 1 aromatic rings. The van der Waals surface area contributed by atoms with Crippen LogP contribution in [0, 0.1) is 5.92 Å². The van der Waals surface area contributed by atoms with E-state index >= 15 is 0 Å². The number of halogens is 3. The van der Waals surface area contributed by atoms with Crippen LogP contribution in [0.2, 0.25) is 0 Å². The molecule has 1 aromatic heterocycles. The lowest BCUT2D eigenvalue weighted by Crippen LogP contribution is -2.33. The van der Waals surface area contributed by atoms with Gasteiger partial charge in [-0.2, -0.15) is 18.2 Å². The molecule has 1 heterocycles. The summed E-state index contributed by atoms with van der Waals surface area (Å²) in [5.41, 5.74) is 0. The van der Waals surface area contributed by atoms with Gasteiger partial charge in [-0.3, -0.25) is 0 Å². The fourth-order valence-corrected chi connectivity index (χ4v) is 1.64. The normalized spacial score (nSPS) is 17.5. The highest BCUT2D eigenvalue weighted by atomic mass is 19.4. The van der Waals surface area contributed by atoms with Crippen molar-refractivity contribution >= 4 is 0 Å². The molecule has 0 aliphatic carbocycles. The van der Waals surface area contributed by atoms with E-state index in [1.54, 1.807) is 0 Å². The summed E-state index contributed by atoms with van der Waals surface area (Å²) in [6.45, 7) is 4.89. The monoisotopic (exact) mass is 282 g/mol. The van der Waals surface area contributed by atoms with Crippen LogP contribution in [-0.4, -0.2) is 34.6 Å². The number of alkyl halides is 3. The molecule has 0 saturated carbocycles. The molecule has 0 bridgehead atoms. The van der Waals surface area contributed by atoms with Gasteiger partial charge in [-0.1, -0.05) is 25.9 Å². The van der Waals surface area contributed by atoms with E-state index < -0.39 is 24.3 Å². The first-order valence-electron chi connectivity index (χ1n) is 5.79. The van der Waals surface area contributed by atoms with E-state index in [9.17, 15) is 13.2 Å². The molecule has 0 spiro atoms. The predicted molar refractivity (Wildman–Crippen MR) is 59.4 cm³/mol. The van der Waals surface area contributed by atoms with Crippen molar-refractivity contribution in [2.24, 2.45) is 5.92 Å². The number of rotatable bonds is 5. The molecule has 5 nitrogen and oxygen atoms in total. The highest BCUT2D eigenvalue weighted by molar-refractivity contribution is 4.99. The standard InChI is InChI=1S/C11H17F3N2O3/c1-5(2)7(18-4)9-15-10(19-16-9)6(3)8(17)11(12,13)14/h5-8,17H,1-4H3. The average Bonchev–Trinajstić information content (AvgIpc) is 2.75. The first-order valence-corrected chi connectivity index (χ1v) is 5.79. The van der Waals surface area contributed by atoms with E-state index in [1.807, 2.05) is 13.8 Å². The van der Waals surface area contributed by atoms with Crippen LogP contribution in [0.25, 0.3) is 0 Å². The van der Waals surface area contributed by atoms with Crippen molar-refractivity contribution in [3.63, 3.8) is 0 Å². The first-order chi connectivity index (χ1) is 8.68. The lowest BCUT2D eigenvalue weighted by Gasteiger charge is -2.18. The summed E-state index contributed by atoms with van der Waals surface area (Å²) in [7, 11) is 1.45. The second-order valence-corrected chi connectivity index (χ2v) is 4.67. The molecule has 0 saturated heterocycles. The van der Waals surface area contributed by atoms with Crippen molar-refractivity contribution in [2.75, 3.05) is 7.11 Å². The number of aromatic nitrogens is 2. The summed E-state index contributed by atoms with van der Waals surface area (Å²) in [5.74, 6) is -1.37. The van der Waals surface area contributed by atoms with Crippen LogP contribution >= 0.6 is 0 Å². The fourth-order valence-electron chi connectivity index (χ4n) is 1.64. The van der Waals surface area contributed by atoms with Gasteiger partial charge in [-0.15, -0.1) is 0 Å². The van der Waals surface area contributed by atoms with Crippen molar-refractivity contribution in [1.82, 2.24) is 10.1 Å². The minimum absolute atomic E-state index is 0.0401. The number of aliphatic hydroxyl groups excluding tert-OH is 1. The van der Waals surface area contributed by atoms with Gasteiger partial charge in [0.25, 0.3) is 0 Å². The Balaban J connectivity index is 2.90. The van der Waals surface area contributed by atoms with E-state index in [0.717, 1.165) is 0 Å². The van der Waals surface area contributed by atoms with Gasteiger partial charge in [0.15, 0.2) is 6.10 Å². The van der Waals surface area contributed by atoms with Crippen LogP contribution in [0.3, 0.4) is 0 Å². The Morgan fingerprint density at radius 1 is 1.26 bits per heavy atom. The molecular formula is C11H17F3N2O3. The third kappa shape index (κ3) is 3.66. The van der Waals surface area contributed by atoms with Gasteiger partial charge < -0.3 is 14.4 Å². The summed E-state index contributed by atoms with van der Waals surface area (Å²) < 4.78 is 47.1. The van der Waals surface area contributed by atoms with Crippen LogP contribution in [0.15, 0.2) is 4.52 Å². The van der Waals surface area contributed by atoms with Crippen LogP contribution in [0.1, 0.15) is 44.5 Å². The van der Waals surface area contributed by atoms with Gasteiger partial charge in [0.05, 0.1) is 5.92 Å². The van der Waals surface area contributed by atoms with Gasteiger partial charge in [-0.25, -0.2) is 0 Å². The Kier molecular flexibility index (Phi) is 4.92. The summed E-state index contributed by atoms with van der Waals surface area (Å²) in [6.07, 6.45) is -7.74. The fraction of sp³-hybridized carbons (Fsp3) is 0.818. The molecule has 0 aromatic carbocycles. The lowest BCUT2D eigenvalue weighted by atomic mass is 10.0. The third-order valence-corrected chi connectivity index (χ3v) is 2.77. The highest BCUT2D eigenvalue weighted by Gasteiger charge is 2.44. The quantitative estimate of drug-likeness (QED) is 0.898. The number of methoxy groups -OCH3 is 1. The molecule has 19 heavy (non-hydrogen) atoms. The molecule has 1 rings (SSSR count). The number of ether oxygens (including phenoxy) is 1. The second-order valence-electron chi connectivity index (χ2n) is 4.67. The van der Waals surface area contributed by atoms with Crippen LogP contribution in [0.4, 0.5) is 13.2 Å². The number of nitrogens with zero attached hydrogens (tertiary/aromatic N) is 2. The average molecular weight is 282 g/mol. The zero-order valence-corrected chi connectivity index (χ0v) is 11.1. The summed E-state index contributed by atoms with van der Waals surface area (Å²) >= 11 is 0. The third-order valence-electron chi connectivity index (χ3n) is 2.77. The Hall–Kier alpha value is -1.15. The van der Waals surface area contributed by atoms with Gasteiger partial charge in [-0.05, 0) is 5.92 Å². The van der Waals surface area contributed by atoms with Gasteiger partial charge in [0.1, 0.15) is 6.10 Å². The molecule has 0 aliphatic heterocycles. The smallest absolute Gasteiger partial charge is 0.383 e. The summed E-state index contributed by atoms with van der Waals surface area (Å²) in [6, 6.07) is 0. The molecule has 0 aliphatic rings. The first kappa shape index (κ1) is 15.9. The molecule has 1 N–H and O–H groups in total. The van der Waals surface area contributed by atoms with Crippen molar-refractivity contribution in [1.29, 1.82) is 0 Å². The van der Waals surface area contributed by atoms with Gasteiger partial charge in [0, 0.05) is 7.11 Å². The number of aliphatic hydroxyl groups is 1. The minimum Gasteiger partial charge on any atom is -0.383 e. The molecule has 3 atom stereocenters. The predicted octanol–water partition coefficient (Wildman–Crippen LogP) is 2.44. The molecule has 0 radical (unpaired) electrons. The molecular weight excluding hydrogens is 265 g/mol. The molecule has 110 valence electrons. The Morgan fingerprint density at radius 3 is 2.26 bits per heavy atom. The number of hydrogen-bond donors (Lipinski definition) is 1. The van der Waals surface area contributed by atoms with Crippen molar-refractivity contribution < 1.29 is 27.5 Å². The van der Waals surface area contributed by atoms with Crippen molar-refractivity contribution in [3.05, 3.63) is 11.7 Å². The molecule has 0 fully saturated rings. The molecule has 0 amide bonds. The summed E-state index contributed by atoms with van der Waals surface area (Å²) in [5, 5.41) is 12.7. The zero-order valence-electron chi connectivity index (χ0n) is 11.1. The van der Waals surface area contributed by atoms with Crippen LogP contribution in [0.5, 0.6) is 0 Å². The maximum atomic E-state index is 12.4. The summed E-state index contributed by atoms with van der Waals surface area (Å²) in [4.78, 5) is 3.87. The van der Waals surface area contributed by atoms with E-state index in [4.69, 9.17) is 14.4 Å². The van der Waals surface area contributed by atoms with Crippen LogP contribution in [-0.2, 0) is 4.74 Å². The topological polar surface area (TPSA) is 68.4 Å². The van der Waals surface area contributed by atoms with E-state index in [-0.39, 0.29) is 17.6 Å². The molecule has 3 unspecified atom stereocenters. The van der Waals surface area contributed by atoms with Crippen molar-refractivity contribution in [2.45, 2.75) is 45.1 Å². The highest BCUT2D eigenvalue weighted by Crippen LogP contribution is 2.31. The van der Waals surface area contributed by atoms with Crippen LogP contribution < -0.4 is 0 Å². The second kappa shape index (κ2) is 5.87. The van der Waals surface area contributed by atoms with E-state index in [0.29, 0.717) is 0 Å². The molecule has 8 heteroatoms. The minimum atomic E-state index is -4.73. The van der Waals surface area contributed by atoms with Crippen molar-refractivity contribution in [3.8, 4) is 0 Å². The zero-order chi connectivity index (χ0) is 14.8. The van der Waals surface area contributed by atoms with Gasteiger partial charge in [0.2, 0.25) is 11.7 Å². The van der Waals surface area contributed by atoms with Gasteiger partial charge >= 0.3 is 6.18 Å². The number of hydrogen-bond acceptors (Lipinski definition) is 5.